The van der Waals surface area contributed by atoms with Gasteiger partial charge in [-0.1, -0.05) is 17.3 Å². The summed E-state index contributed by atoms with van der Waals surface area (Å²) < 4.78 is 18.2. The van der Waals surface area contributed by atoms with Gasteiger partial charge in [0.05, 0.1) is 6.54 Å². The van der Waals surface area contributed by atoms with E-state index in [9.17, 15) is 9.18 Å². The normalized spacial score (nSPS) is 16.2. The van der Waals surface area contributed by atoms with Crippen molar-refractivity contribution in [3.05, 3.63) is 47.5 Å². The maximum absolute atomic E-state index is 13.2. The van der Waals surface area contributed by atoms with Crippen LogP contribution in [-0.2, 0) is 11.2 Å². The van der Waals surface area contributed by atoms with Crippen molar-refractivity contribution in [1.82, 2.24) is 10.1 Å². The Labute approximate surface area is 140 Å². The molecule has 1 aliphatic rings. The molecule has 2 heterocycles. The topological polar surface area (TPSA) is 58.4 Å². The third-order valence-electron chi connectivity index (χ3n) is 4.38. The number of nitrogens with zero attached hydrogens (tertiary/aromatic N) is 2. The van der Waals surface area contributed by atoms with Crippen molar-refractivity contribution in [3.8, 4) is 0 Å². The molecule has 1 aromatic heterocycles. The molecule has 5 nitrogen and oxygen atoms in total. The van der Waals surface area contributed by atoms with Gasteiger partial charge in [0.25, 0.3) is 0 Å². The predicted octanol–water partition coefficient (Wildman–Crippen LogP) is 3.02. The fourth-order valence-corrected chi connectivity index (χ4v) is 3.16. The molecule has 1 aromatic carbocycles. The Bertz CT molecular complexity index is 693. The van der Waals surface area contributed by atoms with Crippen molar-refractivity contribution in [2.75, 3.05) is 25.0 Å². The minimum absolute atomic E-state index is 0.0770. The van der Waals surface area contributed by atoms with Gasteiger partial charge in [-0.15, -0.1) is 0 Å². The molecule has 1 aliphatic heterocycles. The highest BCUT2D eigenvalue weighted by Gasteiger charge is 2.21. The summed E-state index contributed by atoms with van der Waals surface area (Å²) in [5.74, 6) is 1.42. The minimum atomic E-state index is -0.176. The van der Waals surface area contributed by atoms with Crippen molar-refractivity contribution >= 4 is 11.7 Å². The Morgan fingerprint density at radius 2 is 2.17 bits per heavy atom. The van der Waals surface area contributed by atoms with Gasteiger partial charge in [-0.2, -0.15) is 0 Å². The van der Waals surface area contributed by atoms with Crippen LogP contribution in [0.5, 0.6) is 0 Å². The molecule has 0 spiro atoms. The van der Waals surface area contributed by atoms with Crippen LogP contribution < -0.4 is 5.32 Å². The zero-order valence-corrected chi connectivity index (χ0v) is 13.8. The number of amides is 1. The Hall–Kier alpha value is -2.21. The lowest BCUT2D eigenvalue weighted by Crippen LogP contribution is -2.39. The Balaban J connectivity index is 1.42. The largest absolute Gasteiger partial charge is 0.360 e. The van der Waals surface area contributed by atoms with Gasteiger partial charge in [0.1, 0.15) is 11.6 Å². The van der Waals surface area contributed by atoms with E-state index in [1.54, 1.807) is 25.1 Å². The molecule has 0 atom stereocenters. The summed E-state index contributed by atoms with van der Waals surface area (Å²) in [4.78, 5) is 14.2. The van der Waals surface area contributed by atoms with E-state index < -0.39 is 0 Å². The van der Waals surface area contributed by atoms with E-state index in [4.69, 9.17) is 4.52 Å². The fourth-order valence-electron chi connectivity index (χ4n) is 3.16. The summed E-state index contributed by atoms with van der Waals surface area (Å²) in [6.45, 7) is 3.90. The van der Waals surface area contributed by atoms with E-state index in [0.29, 0.717) is 24.0 Å². The van der Waals surface area contributed by atoms with Gasteiger partial charge in [-0.25, -0.2) is 4.39 Å². The van der Waals surface area contributed by atoms with Crippen LogP contribution in [0.1, 0.15) is 24.2 Å². The first kappa shape index (κ1) is 16.6. The molecule has 1 amide bonds. The average molecular weight is 331 g/mol. The molecule has 0 bridgehead atoms. The second-order valence-electron chi connectivity index (χ2n) is 6.42. The summed E-state index contributed by atoms with van der Waals surface area (Å²) >= 11 is 0. The van der Waals surface area contributed by atoms with Crippen LogP contribution in [0.2, 0.25) is 0 Å². The first-order valence-electron chi connectivity index (χ1n) is 8.28. The highest BCUT2D eigenvalue weighted by atomic mass is 19.1. The van der Waals surface area contributed by atoms with Gasteiger partial charge in [-0.3, -0.25) is 9.69 Å². The zero-order chi connectivity index (χ0) is 16.9. The molecule has 1 fully saturated rings. The lowest BCUT2D eigenvalue weighted by molar-refractivity contribution is -0.117. The van der Waals surface area contributed by atoms with Crippen LogP contribution in [0.3, 0.4) is 0 Å². The number of anilines is 1. The van der Waals surface area contributed by atoms with Crippen LogP contribution in [0, 0.1) is 18.7 Å². The second kappa shape index (κ2) is 7.57. The average Bonchev–Trinajstić information content (AvgIpc) is 2.94. The molecule has 0 aliphatic carbocycles. The van der Waals surface area contributed by atoms with E-state index in [0.717, 1.165) is 37.9 Å². The number of carbonyl (C=O) groups excluding carboxylic acids is 1. The number of likely N-dealkylation sites (tertiary alicyclic amines) is 1. The summed E-state index contributed by atoms with van der Waals surface area (Å²) in [5.41, 5.74) is 1.05. The molecule has 0 unspecified atom stereocenters. The molecule has 24 heavy (non-hydrogen) atoms. The number of piperidine rings is 1. The number of benzene rings is 1. The summed E-state index contributed by atoms with van der Waals surface area (Å²) in [7, 11) is 0. The van der Waals surface area contributed by atoms with Crippen molar-refractivity contribution in [2.24, 2.45) is 5.92 Å². The quantitative estimate of drug-likeness (QED) is 0.915. The smallest absolute Gasteiger partial charge is 0.239 e. The van der Waals surface area contributed by atoms with Crippen LogP contribution in [-0.4, -0.2) is 35.6 Å². The molecule has 128 valence electrons. The molecule has 0 saturated carbocycles. The molecular formula is C18H22FN3O2. The number of halogens is 1. The van der Waals surface area contributed by atoms with Gasteiger partial charge >= 0.3 is 0 Å². The van der Waals surface area contributed by atoms with Crippen LogP contribution in [0.15, 0.2) is 34.9 Å². The zero-order valence-electron chi connectivity index (χ0n) is 13.8. The van der Waals surface area contributed by atoms with Gasteiger partial charge in [0.15, 0.2) is 5.82 Å². The molecule has 1 saturated heterocycles. The molecule has 6 heteroatoms. The van der Waals surface area contributed by atoms with E-state index in [2.05, 4.69) is 15.4 Å². The molecule has 3 rings (SSSR count). The molecular weight excluding hydrogens is 309 g/mol. The summed E-state index contributed by atoms with van der Waals surface area (Å²) in [6, 6.07) is 8.52. The SMILES string of the molecule is Cc1cc(NC(=O)CN2CCC(Cc3cccc(F)c3)CC2)no1. The highest BCUT2D eigenvalue weighted by Crippen LogP contribution is 2.22. The lowest BCUT2D eigenvalue weighted by atomic mass is 9.90. The standard InChI is InChI=1S/C18H22FN3O2/c1-13-9-17(21-24-13)20-18(23)12-22-7-5-14(6-8-22)10-15-3-2-4-16(19)11-15/h2-4,9,11,14H,5-8,10,12H2,1H3,(H,20,21,23). The fraction of sp³-hybridized carbons (Fsp3) is 0.444. The van der Waals surface area contributed by atoms with Crippen LogP contribution in [0.25, 0.3) is 0 Å². The Morgan fingerprint density at radius 1 is 1.38 bits per heavy atom. The number of rotatable bonds is 5. The molecule has 2 aromatic rings. The second-order valence-corrected chi connectivity index (χ2v) is 6.42. The van der Waals surface area contributed by atoms with Crippen molar-refractivity contribution in [3.63, 3.8) is 0 Å². The number of aryl methyl sites for hydroxylation is 1. The van der Waals surface area contributed by atoms with E-state index in [1.807, 2.05) is 6.07 Å². The van der Waals surface area contributed by atoms with Crippen LogP contribution in [0.4, 0.5) is 10.2 Å². The lowest BCUT2D eigenvalue weighted by Gasteiger charge is -2.31. The number of nitrogens with one attached hydrogen (secondary N) is 1. The first-order chi connectivity index (χ1) is 11.6. The number of hydrogen-bond donors (Lipinski definition) is 1. The van der Waals surface area contributed by atoms with E-state index in [1.165, 1.54) is 6.07 Å². The third-order valence-corrected chi connectivity index (χ3v) is 4.38. The first-order valence-corrected chi connectivity index (χ1v) is 8.28. The third kappa shape index (κ3) is 4.64. The van der Waals surface area contributed by atoms with E-state index in [-0.39, 0.29) is 11.7 Å². The number of carbonyl (C=O) groups is 1. The highest BCUT2D eigenvalue weighted by molar-refractivity contribution is 5.91. The number of aromatic nitrogens is 1. The molecule has 0 radical (unpaired) electrons. The summed E-state index contributed by atoms with van der Waals surface area (Å²) in [5, 5.41) is 6.50. The number of hydrogen-bond acceptors (Lipinski definition) is 4. The van der Waals surface area contributed by atoms with Crippen molar-refractivity contribution in [2.45, 2.75) is 26.2 Å². The van der Waals surface area contributed by atoms with E-state index >= 15 is 0 Å². The Morgan fingerprint density at radius 3 is 2.83 bits per heavy atom. The van der Waals surface area contributed by atoms with Crippen molar-refractivity contribution in [1.29, 1.82) is 0 Å². The minimum Gasteiger partial charge on any atom is -0.360 e. The van der Waals surface area contributed by atoms with Gasteiger partial charge in [0.2, 0.25) is 5.91 Å². The molecule has 1 N–H and O–H groups in total. The van der Waals surface area contributed by atoms with Gasteiger partial charge in [-0.05, 0) is 62.9 Å². The summed E-state index contributed by atoms with van der Waals surface area (Å²) in [6.07, 6.45) is 2.94. The monoisotopic (exact) mass is 331 g/mol. The van der Waals surface area contributed by atoms with Crippen LogP contribution >= 0.6 is 0 Å². The maximum atomic E-state index is 13.2. The van der Waals surface area contributed by atoms with Gasteiger partial charge in [0, 0.05) is 6.07 Å². The van der Waals surface area contributed by atoms with Crippen molar-refractivity contribution < 1.29 is 13.7 Å². The predicted molar refractivity (Wildman–Crippen MR) is 89.1 cm³/mol. The maximum Gasteiger partial charge on any atom is 0.239 e. The Kier molecular flexibility index (Phi) is 5.25. The van der Waals surface area contributed by atoms with Gasteiger partial charge < -0.3 is 9.84 Å².